The molecule has 9 heteroatoms. The van der Waals surface area contributed by atoms with Gasteiger partial charge in [0.1, 0.15) is 0 Å². The Bertz CT molecular complexity index is 1070. The maximum absolute atomic E-state index is 12.4. The van der Waals surface area contributed by atoms with Gasteiger partial charge in [-0.2, -0.15) is 12.5 Å². The van der Waals surface area contributed by atoms with Crippen LogP contribution in [0.2, 0.25) is 0 Å². The molecule has 1 heterocycles. The van der Waals surface area contributed by atoms with Crippen LogP contribution < -0.4 is 15.7 Å². The molecule has 0 aliphatic carbocycles. The summed E-state index contributed by atoms with van der Waals surface area (Å²) in [5, 5.41) is 3.00. The minimum Gasteiger partial charge on any atom is -0.326 e. The molecule has 0 radical (unpaired) electrons. The Morgan fingerprint density at radius 3 is 2.38 bits per heavy atom. The van der Waals surface area contributed by atoms with E-state index in [9.17, 15) is 18.0 Å². The maximum atomic E-state index is 12.4. The fourth-order valence-corrected chi connectivity index (χ4v) is 4.23. The van der Waals surface area contributed by atoms with Gasteiger partial charge < -0.3 is 5.32 Å². The number of hydrogen-bond acceptors (Lipinski definition) is 5. The number of carbonyl (C=O) groups is 1. The van der Waals surface area contributed by atoms with Crippen LogP contribution in [0.25, 0.3) is 10.1 Å². The number of carbonyl (C=O) groups excluding carboxylic acids is 1. The van der Waals surface area contributed by atoms with Crippen LogP contribution in [0.1, 0.15) is 6.92 Å². The lowest BCUT2D eigenvalue weighted by molar-refractivity contribution is -0.114. The van der Waals surface area contributed by atoms with Crippen LogP contribution in [0, 0.1) is 0 Å². The SMILES string of the molecule is CC(=O)Nc1ccc(S(=O)(=O)Nn2sc3ccccc3c2=O)cc1. The molecule has 124 valence electrons. The first kappa shape index (κ1) is 16.2. The molecule has 24 heavy (non-hydrogen) atoms. The maximum Gasteiger partial charge on any atom is 0.288 e. The molecule has 0 saturated carbocycles. The van der Waals surface area contributed by atoms with Crippen LogP contribution >= 0.6 is 11.5 Å². The smallest absolute Gasteiger partial charge is 0.288 e. The van der Waals surface area contributed by atoms with Gasteiger partial charge in [0.05, 0.1) is 15.0 Å². The van der Waals surface area contributed by atoms with Gasteiger partial charge in [0, 0.05) is 12.6 Å². The van der Waals surface area contributed by atoms with E-state index >= 15 is 0 Å². The van der Waals surface area contributed by atoms with E-state index in [0.29, 0.717) is 15.8 Å². The quantitative estimate of drug-likeness (QED) is 0.740. The normalized spacial score (nSPS) is 11.4. The highest BCUT2D eigenvalue weighted by molar-refractivity contribution is 7.92. The van der Waals surface area contributed by atoms with Gasteiger partial charge >= 0.3 is 0 Å². The second kappa shape index (κ2) is 6.10. The lowest BCUT2D eigenvalue weighted by atomic mass is 10.3. The van der Waals surface area contributed by atoms with Crippen molar-refractivity contribution in [3.05, 3.63) is 58.9 Å². The summed E-state index contributed by atoms with van der Waals surface area (Å²) in [7, 11) is -3.92. The number of aromatic nitrogens is 1. The number of hydrogen-bond donors (Lipinski definition) is 2. The Balaban J connectivity index is 1.91. The number of nitrogens with zero attached hydrogens (tertiary/aromatic N) is 1. The third-order valence-electron chi connectivity index (χ3n) is 3.18. The minimum atomic E-state index is -3.92. The van der Waals surface area contributed by atoms with E-state index in [-0.39, 0.29) is 10.8 Å². The van der Waals surface area contributed by atoms with Crippen LogP contribution in [-0.2, 0) is 14.8 Å². The fraction of sp³-hybridized carbons (Fsp3) is 0.0667. The third-order valence-corrected chi connectivity index (χ3v) is 5.60. The molecule has 0 saturated heterocycles. The van der Waals surface area contributed by atoms with Crippen LogP contribution in [0.5, 0.6) is 0 Å². The standard InChI is InChI=1S/C15H13N3O4S2/c1-10(19)16-11-6-8-12(9-7-11)24(21,22)17-18-15(20)13-4-2-3-5-14(13)23-18/h2-9,17H,1H3,(H,16,19). The summed E-state index contributed by atoms with van der Waals surface area (Å²) in [6.07, 6.45) is 0. The van der Waals surface area contributed by atoms with Gasteiger partial charge in [-0.3, -0.25) is 9.59 Å². The topological polar surface area (TPSA) is 97.3 Å². The van der Waals surface area contributed by atoms with Crippen molar-refractivity contribution in [2.24, 2.45) is 0 Å². The Labute approximate surface area is 141 Å². The molecule has 0 atom stereocenters. The Hall–Kier alpha value is -2.65. The van der Waals surface area contributed by atoms with E-state index in [0.717, 1.165) is 15.6 Å². The van der Waals surface area contributed by atoms with Crippen LogP contribution in [-0.4, -0.2) is 18.4 Å². The van der Waals surface area contributed by atoms with Crippen LogP contribution in [0.15, 0.2) is 58.2 Å². The highest BCUT2D eigenvalue weighted by Gasteiger charge is 2.17. The zero-order chi connectivity index (χ0) is 17.3. The molecule has 0 unspecified atom stereocenters. The Morgan fingerprint density at radius 1 is 1.08 bits per heavy atom. The van der Waals surface area contributed by atoms with E-state index in [1.54, 1.807) is 24.3 Å². The highest BCUT2D eigenvalue weighted by Crippen LogP contribution is 2.18. The van der Waals surface area contributed by atoms with Crippen LogP contribution in [0.4, 0.5) is 5.69 Å². The first-order chi connectivity index (χ1) is 11.4. The summed E-state index contributed by atoms with van der Waals surface area (Å²) in [5.74, 6) is -0.249. The van der Waals surface area contributed by atoms with E-state index in [4.69, 9.17) is 0 Å². The molecule has 1 amide bonds. The van der Waals surface area contributed by atoms with Crippen molar-refractivity contribution in [2.45, 2.75) is 11.8 Å². The number of benzene rings is 2. The van der Waals surface area contributed by atoms with Crippen LogP contribution in [0.3, 0.4) is 0 Å². The van der Waals surface area contributed by atoms with Gasteiger partial charge in [0.15, 0.2) is 0 Å². The van der Waals surface area contributed by atoms with Gasteiger partial charge in [-0.15, -0.1) is 0 Å². The number of fused-ring (bicyclic) bond motifs is 1. The monoisotopic (exact) mass is 363 g/mol. The van der Waals surface area contributed by atoms with Crippen molar-refractivity contribution in [1.82, 2.24) is 4.07 Å². The summed E-state index contributed by atoms with van der Waals surface area (Å²) < 4.78 is 26.5. The molecule has 0 spiro atoms. The zero-order valence-electron chi connectivity index (χ0n) is 12.5. The lowest BCUT2D eigenvalue weighted by Gasteiger charge is -2.08. The molecular formula is C15H13N3O4S2. The second-order valence-corrected chi connectivity index (χ2v) is 7.64. The third kappa shape index (κ3) is 3.17. The largest absolute Gasteiger partial charge is 0.326 e. The number of nitrogens with one attached hydrogen (secondary N) is 2. The molecule has 3 aromatic rings. The first-order valence-electron chi connectivity index (χ1n) is 6.88. The van der Waals surface area contributed by atoms with Crippen molar-refractivity contribution < 1.29 is 13.2 Å². The van der Waals surface area contributed by atoms with E-state index < -0.39 is 15.6 Å². The van der Waals surface area contributed by atoms with Gasteiger partial charge in [-0.25, -0.2) is 4.83 Å². The summed E-state index contributed by atoms with van der Waals surface area (Å²) in [5.41, 5.74) is 0.0644. The van der Waals surface area contributed by atoms with Crippen molar-refractivity contribution >= 4 is 43.2 Å². The summed E-state index contributed by atoms with van der Waals surface area (Å²) >= 11 is 1.01. The summed E-state index contributed by atoms with van der Waals surface area (Å²) in [4.78, 5) is 25.4. The average molecular weight is 363 g/mol. The number of sulfonamides is 1. The van der Waals surface area contributed by atoms with Gasteiger partial charge in [0.25, 0.3) is 15.6 Å². The summed E-state index contributed by atoms with van der Waals surface area (Å²) in [6, 6.07) is 12.5. The zero-order valence-corrected chi connectivity index (χ0v) is 14.1. The van der Waals surface area contributed by atoms with Crippen molar-refractivity contribution in [1.29, 1.82) is 0 Å². The molecule has 1 aromatic heterocycles. The molecule has 0 fully saturated rings. The molecular weight excluding hydrogens is 350 g/mol. The molecule has 2 N–H and O–H groups in total. The fourth-order valence-electron chi connectivity index (χ4n) is 2.11. The Kier molecular flexibility index (Phi) is 4.12. The molecule has 7 nitrogen and oxygen atoms in total. The van der Waals surface area contributed by atoms with E-state index in [1.165, 1.54) is 31.2 Å². The highest BCUT2D eigenvalue weighted by atomic mass is 32.2. The van der Waals surface area contributed by atoms with E-state index in [2.05, 4.69) is 10.1 Å². The van der Waals surface area contributed by atoms with Gasteiger partial charge in [-0.05, 0) is 47.9 Å². The predicted molar refractivity (Wildman–Crippen MR) is 93.4 cm³/mol. The lowest BCUT2D eigenvalue weighted by Crippen LogP contribution is -2.29. The van der Waals surface area contributed by atoms with Gasteiger partial charge in [0.2, 0.25) is 5.91 Å². The molecule has 0 aliphatic heterocycles. The molecule has 0 aliphatic rings. The number of amides is 1. The van der Waals surface area contributed by atoms with Crippen molar-refractivity contribution in [3.8, 4) is 0 Å². The first-order valence-corrected chi connectivity index (χ1v) is 9.14. The average Bonchev–Trinajstić information content (AvgIpc) is 2.83. The predicted octanol–water partition coefficient (Wildman–Crippen LogP) is 1.95. The van der Waals surface area contributed by atoms with Crippen molar-refractivity contribution in [2.75, 3.05) is 10.1 Å². The number of rotatable bonds is 4. The summed E-state index contributed by atoms with van der Waals surface area (Å²) in [6.45, 7) is 1.36. The van der Waals surface area contributed by atoms with Crippen molar-refractivity contribution in [3.63, 3.8) is 0 Å². The van der Waals surface area contributed by atoms with Gasteiger partial charge in [-0.1, -0.05) is 12.1 Å². The molecule has 2 aromatic carbocycles. The minimum absolute atomic E-state index is 0.0130. The molecule has 0 bridgehead atoms. The Morgan fingerprint density at radius 2 is 1.75 bits per heavy atom. The molecule has 3 rings (SSSR count). The second-order valence-electron chi connectivity index (χ2n) is 4.99. The number of anilines is 1. The van der Waals surface area contributed by atoms with E-state index in [1.807, 2.05) is 0 Å².